The van der Waals surface area contributed by atoms with Gasteiger partial charge in [-0.1, -0.05) is 23.4 Å². The van der Waals surface area contributed by atoms with Crippen LogP contribution in [0.2, 0.25) is 0 Å². The van der Waals surface area contributed by atoms with Crippen LogP contribution >= 0.6 is 0 Å². The Bertz CT molecular complexity index is 1130. The number of rotatable bonds is 4. The summed E-state index contributed by atoms with van der Waals surface area (Å²) in [7, 11) is 0. The topological polar surface area (TPSA) is 136 Å². The predicted molar refractivity (Wildman–Crippen MR) is 96.5 cm³/mol. The Hall–Kier alpha value is -3.82. The van der Waals surface area contributed by atoms with Gasteiger partial charge in [0, 0.05) is 22.7 Å². The van der Waals surface area contributed by atoms with Crippen LogP contribution < -0.4 is 5.73 Å². The zero-order chi connectivity index (χ0) is 18.1. The van der Waals surface area contributed by atoms with Crippen molar-refractivity contribution >= 4 is 28.6 Å². The van der Waals surface area contributed by atoms with E-state index in [2.05, 4.69) is 40.4 Å². The Morgan fingerprint density at radius 1 is 1.31 bits per heavy atom. The second-order valence-electron chi connectivity index (χ2n) is 5.63. The summed E-state index contributed by atoms with van der Waals surface area (Å²) in [5, 5.41) is 24.9. The van der Waals surface area contributed by atoms with Crippen molar-refractivity contribution in [3.05, 3.63) is 47.4 Å². The van der Waals surface area contributed by atoms with Crippen LogP contribution in [-0.4, -0.2) is 42.2 Å². The maximum atomic E-state index is 5.69. The lowest BCUT2D eigenvalue weighted by atomic mass is 10.2. The number of H-pyrrole nitrogens is 1. The van der Waals surface area contributed by atoms with Gasteiger partial charge in [0.2, 0.25) is 11.6 Å². The highest BCUT2D eigenvalue weighted by Gasteiger charge is 2.17. The molecule has 1 aromatic carbocycles. The molecule has 130 valence electrons. The highest BCUT2D eigenvalue weighted by atomic mass is 16.6. The molecule has 3 aromatic heterocycles. The molecule has 0 spiro atoms. The Morgan fingerprint density at radius 3 is 2.96 bits per heavy atom. The summed E-state index contributed by atoms with van der Waals surface area (Å²) in [5.74, 6) is 0.424. The molecule has 0 aliphatic carbocycles. The molecule has 0 radical (unpaired) electrons. The van der Waals surface area contributed by atoms with Crippen LogP contribution in [0.3, 0.4) is 0 Å². The van der Waals surface area contributed by atoms with Crippen molar-refractivity contribution in [1.82, 2.24) is 30.3 Å². The molecule has 4 aromatic rings. The van der Waals surface area contributed by atoms with Crippen molar-refractivity contribution in [2.45, 2.75) is 13.8 Å². The summed E-state index contributed by atoms with van der Waals surface area (Å²) in [5.41, 5.74) is 9.60. The lowest BCUT2D eigenvalue weighted by Crippen LogP contribution is -2.04. The number of nitrogens with two attached hydrogens (primary N) is 1. The van der Waals surface area contributed by atoms with E-state index in [-0.39, 0.29) is 11.6 Å². The summed E-state index contributed by atoms with van der Waals surface area (Å²) in [6.07, 6.45) is 3.59. The quantitative estimate of drug-likeness (QED) is 0.426. The second-order valence-corrected chi connectivity index (χ2v) is 5.63. The number of hydrogen-bond donors (Lipinski definition) is 2. The number of fused-ring (bicyclic) bond motifs is 1. The summed E-state index contributed by atoms with van der Waals surface area (Å²) in [6, 6.07) is 7.99. The maximum absolute atomic E-state index is 5.69. The molecule has 0 bridgehead atoms. The van der Waals surface area contributed by atoms with Gasteiger partial charge in [0.25, 0.3) is 0 Å². The minimum absolute atomic E-state index is 0.136. The predicted octanol–water partition coefficient (Wildman–Crippen LogP) is 1.87. The molecule has 10 nitrogen and oxygen atoms in total. The van der Waals surface area contributed by atoms with Crippen molar-refractivity contribution in [2.75, 3.05) is 5.73 Å². The van der Waals surface area contributed by atoms with Crippen molar-refractivity contribution < 1.29 is 4.63 Å². The number of aromatic amines is 1. The third kappa shape index (κ3) is 2.62. The van der Waals surface area contributed by atoms with Crippen LogP contribution in [0.15, 0.2) is 45.3 Å². The zero-order valence-corrected chi connectivity index (χ0v) is 14.1. The first kappa shape index (κ1) is 15.7. The number of anilines is 1. The molecule has 0 saturated heterocycles. The first-order valence-corrected chi connectivity index (χ1v) is 7.80. The van der Waals surface area contributed by atoms with Crippen LogP contribution in [0.4, 0.5) is 5.82 Å². The molecular formula is C16H15N9O. The normalized spacial score (nSPS) is 12.5. The van der Waals surface area contributed by atoms with Crippen LogP contribution in [0, 0.1) is 6.92 Å². The monoisotopic (exact) mass is 349 g/mol. The van der Waals surface area contributed by atoms with E-state index in [4.69, 9.17) is 5.73 Å². The lowest BCUT2D eigenvalue weighted by molar-refractivity contribution is 0.306. The van der Waals surface area contributed by atoms with Gasteiger partial charge >= 0.3 is 0 Å². The van der Waals surface area contributed by atoms with Crippen LogP contribution in [0.5, 0.6) is 0 Å². The van der Waals surface area contributed by atoms with Crippen molar-refractivity contribution in [3.8, 4) is 5.82 Å². The highest BCUT2D eigenvalue weighted by molar-refractivity contribution is 6.00. The van der Waals surface area contributed by atoms with Crippen LogP contribution in [0.25, 0.3) is 16.7 Å². The Labute approximate surface area is 147 Å². The lowest BCUT2D eigenvalue weighted by Gasteiger charge is -1.98. The number of nitrogens with zero attached hydrogens (tertiary/aromatic N) is 7. The average Bonchev–Trinajstić information content (AvgIpc) is 3.34. The summed E-state index contributed by atoms with van der Waals surface area (Å²) >= 11 is 0. The molecule has 26 heavy (non-hydrogen) atoms. The zero-order valence-electron chi connectivity index (χ0n) is 14.1. The number of aromatic nitrogens is 6. The first-order valence-electron chi connectivity index (χ1n) is 7.80. The third-order valence-corrected chi connectivity index (χ3v) is 3.96. The minimum Gasteiger partial charge on any atom is -0.378 e. The number of nitrogen functional groups attached to an aromatic ring is 1. The number of hydrogen-bond acceptors (Lipinski definition) is 8. The number of benzene rings is 1. The SMILES string of the molecule is C/C(=N\N=C\c1c[nH]c2ccccc12)c1nnn(-c2nonc2N)c1C. The van der Waals surface area contributed by atoms with E-state index in [1.54, 1.807) is 13.1 Å². The molecule has 0 unspecified atom stereocenters. The van der Waals surface area contributed by atoms with Gasteiger partial charge in [-0.05, 0) is 30.2 Å². The van der Waals surface area contributed by atoms with Crippen molar-refractivity contribution in [3.63, 3.8) is 0 Å². The Kier molecular flexibility index (Phi) is 3.77. The maximum Gasteiger partial charge on any atom is 0.243 e. The molecule has 0 aliphatic heterocycles. The molecule has 3 heterocycles. The van der Waals surface area contributed by atoms with Crippen LogP contribution in [-0.2, 0) is 0 Å². The molecule has 0 aliphatic rings. The molecule has 10 heteroatoms. The van der Waals surface area contributed by atoms with E-state index in [0.717, 1.165) is 16.5 Å². The third-order valence-electron chi connectivity index (χ3n) is 3.96. The Morgan fingerprint density at radius 2 is 2.15 bits per heavy atom. The summed E-state index contributed by atoms with van der Waals surface area (Å²) in [4.78, 5) is 3.19. The number of nitrogens with one attached hydrogen (secondary N) is 1. The second kappa shape index (κ2) is 6.24. The molecule has 3 N–H and O–H groups in total. The van der Waals surface area contributed by atoms with Gasteiger partial charge in [0.15, 0.2) is 0 Å². The fraction of sp³-hybridized carbons (Fsp3) is 0.125. The van der Waals surface area contributed by atoms with Crippen molar-refractivity contribution in [1.29, 1.82) is 0 Å². The van der Waals surface area contributed by atoms with E-state index >= 15 is 0 Å². The van der Waals surface area contributed by atoms with Gasteiger partial charge < -0.3 is 10.7 Å². The van der Waals surface area contributed by atoms with Crippen LogP contribution in [0.1, 0.15) is 23.9 Å². The molecular weight excluding hydrogens is 334 g/mol. The van der Waals surface area contributed by atoms with E-state index in [1.165, 1.54) is 4.68 Å². The van der Waals surface area contributed by atoms with E-state index in [0.29, 0.717) is 17.1 Å². The van der Waals surface area contributed by atoms with Crippen molar-refractivity contribution in [2.24, 2.45) is 10.2 Å². The summed E-state index contributed by atoms with van der Waals surface area (Å²) < 4.78 is 6.04. The number of para-hydroxylation sites is 1. The fourth-order valence-corrected chi connectivity index (χ4v) is 2.63. The van der Waals surface area contributed by atoms with E-state index in [1.807, 2.05) is 37.4 Å². The minimum atomic E-state index is 0.136. The standard InChI is InChI=1S/C16H15N9O/c1-9(14-10(2)25(24-21-14)16-15(17)22-26-23-16)20-19-8-11-7-18-13-6-4-3-5-12(11)13/h3-8,18H,1-2H3,(H2,17,22)/b19-8+,20-9+. The molecule has 0 saturated carbocycles. The largest absolute Gasteiger partial charge is 0.378 e. The van der Waals surface area contributed by atoms with E-state index in [9.17, 15) is 0 Å². The fourth-order valence-electron chi connectivity index (χ4n) is 2.63. The van der Waals surface area contributed by atoms with Gasteiger partial charge in [-0.2, -0.15) is 14.9 Å². The molecule has 0 fully saturated rings. The van der Waals surface area contributed by atoms with Gasteiger partial charge in [-0.15, -0.1) is 5.10 Å². The van der Waals surface area contributed by atoms with Gasteiger partial charge in [0.05, 0.1) is 17.6 Å². The molecule has 0 atom stereocenters. The molecule has 4 rings (SSSR count). The van der Waals surface area contributed by atoms with Gasteiger partial charge in [0.1, 0.15) is 5.69 Å². The molecule has 0 amide bonds. The Balaban J connectivity index is 1.61. The first-order chi connectivity index (χ1) is 12.6. The van der Waals surface area contributed by atoms with E-state index < -0.39 is 0 Å². The van der Waals surface area contributed by atoms with Gasteiger partial charge in [-0.3, -0.25) is 0 Å². The smallest absolute Gasteiger partial charge is 0.243 e. The summed E-state index contributed by atoms with van der Waals surface area (Å²) in [6.45, 7) is 3.63. The van der Waals surface area contributed by atoms with Gasteiger partial charge in [-0.25, -0.2) is 4.63 Å². The average molecular weight is 349 g/mol. The highest BCUT2D eigenvalue weighted by Crippen LogP contribution is 2.17.